The van der Waals surface area contributed by atoms with Crippen molar-refractivity contribution in [1.82, 2.24) is 0 Å². The molecule has 0 bridgehead atoms. The zero-order chi connectivity index (χ0) is 22.6. The lowest BCUT2D eigenvalue weighted by Crippen LogP contribution is -2.13. The number of nitrogens with zero attached hydrogens (tertiary/aromatic N) is 1. The summed E-state index contributed by atoms with van der Waals surface area (Å²) < 4.78 is 13.5. The fraction of sp³-hybridized carbons (Fsp3) is 0.577. The number of aliphatic imine (C=N–C) groups is 1. The number of anilines is 1. The van der Waals surface area contributed by atoms with Crippen molar-refractivity contribution in [2.45, 2.75) is 71.6 Å². The van der Waals surface area contributed by atoms with Gasteiger partial charge in [0.2, 0.25) is 0 Å². The van der Waals surface area contributed by atoms with Gasteiger partial charge in [-0.05, 0) is 49.8 Å². The summed E-state index contributed by atoms with van der Waals surface area (Å²) in [6.07, 6.45) is 11.0. The molecule has 172 valence electrons. The monoisotopic (exact) mass is 462 g/mol. The van der Waals surface area contributed by atoms with Crippen LogP contribution in [-0.4, -0.2) is 34.4 Å². The van der Waals surface area contributed by atoms with Gasteiger partial charge in [0.05, 0.1) is 11.1 Å². The number of hydrogen-bond donors (Lipinski definition) is 1. The number of allylic oxidation sites excluding steroid dienone is 3. The van der Waals surface area contributed by atoms with E-state index in [0.717, 1.165) is 48.6 Å². The van der Waals surface area contributed by atoms with E-state index in [-0.39, 0.29) is 5.82 Å². The first-order valence-corrected chi connectivity index (χ1v) is 13.7. The normalized spacial score (nSPS) is 19.0. The molecule has 1 aromatic rings. The molecule has 0 aliphatic carbocycles. The molecule has 0 saturated carbocycles. The number of hydrogen-bond acceptors (Lipinski definition) is 4. The Balaban J connectivity index is 1.78. The van der Waals surface area contributed by atoms with Crippen molar-refractivity contribution in [2.24, 2.45) is 10.9 Å². The minimum atomic E-state index is -0.182. The van der Waals surface area contributed by atoms with Crippen LogP contribution in [0, 0.1) is 11.7 Å². The fourth-order valence-corrected chi connectivity index (χ4v) is 5.75. The highest BCUT2D eigenvalue weighted by Crippen LogP contribution is 2.28. The first-order chi connectivity index (χ1) is 15.0. The van der Waals surface area contributed by atoms with E-state index in [2.05, 4.69) is 58.2 Å². The Hall–Kier alpha value is -1.20. The van der Waals surface area contributed by atoms with Crippen molar-refractivity contribution in [2.75, 3.05) is 23.4 Å². The lowest BCUT2D eigenvalue weighted by molar-refractivity contribution is 0.627. The molecule has 3 atom stereocenters. The molecule has 1 aliphatic rings. The Bertz CT molecular complexity index is 773. The third-order valence-corrected chi connectivity index (χ3v) is 8.36. The van der Waals surface area contributed by atoms with Gasteiger partial charge in [0.1, 0.15) is 5.82 Å². The van der Waals surface area contributed by atoms with Crippen LogP contribution in [-0.2, 0) is 6.42 Å². The van der Waals surface area contributed by atoms with E-state index < -0.39 is 0 Å². The summed E-state index contributed by atoms with van der Waals surface area (Å²) >= 11 is 3.89. The Morgan fingerprint density at radius 1 is 1.32 bits per heavy atom. The molecule has 5 heteroatoms. The molecule has 1 aromatic carbocycles. The van der Waals surface area contributed by atoms with Gasteiger partial charge < -0.3 is 5.32 Å². The quantitative estimate of drug-likeness (QED) is 0.303. The van der Waals surface area contributed by atoms with Crippen molar-refractivity contribution in [3.05, 3.63) is 53.4 Å². The van der Waals surface area contributed by atoms with Crippen LogP contribution < -0.4 is 5.32 Å². The highest BCUT2D eigenvalue weighted by molar-refractivity contribution is 8.16. The van der Waals surface area contributed by atoms with Gasteiger partial charge in [0, 0.05) is 29.0 Å². The molecular formula is C26H39FN2S2. The van der Waals surface area contributed by atoms with Crippen molar-refractivity contribution in [3.63, 3.8) is 0 Å². The number of rotatable bonds is 13. The van der Waals surface area contributed by atoms with Gasteiger partial charge in [-0.25, -0.2) is 4.39 Å². The minimum absolute atomic E-state index is 0.182. The van der Waals surface area contributed by atoms with Crippen LogP contribution in [0.25, 0.3) is 0 Å². The lowest BCUT2D eigenvalue weighted by atomic mass is 10.1. The van der Waals surface area contributed by atoms with Crippen molar-refractivity contribution in [1.29, 1.82) is 0 Å². The number of benzene rings is 1. The van der Waals surface area contributed by atoms with Gasteiger partial charge in [-0.1, -0.05) is 64.0 Å². The molecule has 2 rings (SSSR count). The molecular weight excluding hydrogens is 423 g/mol. The first kappa shape index (κ1) is 26.1. The predicted octanol–water partition coefficient (Wildman–Crippen LogP) is 7.76. The molecule has 0 fully saturated rings. The van der Waals surface area contributed by atoms with Crippen LogP contribution in [0.2, 0.25) is 0 Å². The van der Waals surface area contributed by atoms with Crippen LogP contribution in [0.15, 0.2) is 47.0 Å². The van der Waals surface area contributed by atoms with Crippen LogP contribution >= 0.6 is 23.5 Å². The molecule has 0 saturated heterocycles. The summed E-state index contributed by atoms with van der Waals surface area (Å²) in [6, 6.07) is 5.37. The Labute approximate surface area is 197 Å². The van der Waals surface area contributed by atoms with Gasteiger partial charge in [0.25, 0.3) is 0 Å². The maximum atomic E-state index is 13.5. The molecule has 0 amide bonds. The SMILES string of the molecule is CC/C(=C/C=C\C(C)CC)C(C)SCC1=NC(CCNc2cc(F)ccc2CC)CS1. The first-order valence-electron chi connectivity index (χ1n) is 11.7. The van der Waals surface area contributed by atoms with E-state index in [4.69, 9.17) is 4.99 Å². The summed E-state index contributed by atoms with van der Waals surface area (Å²) in [6.45, 7) is 12.0. The van der Waals surface area contributed by atoms with Gasteiger partial charge in [-0.2, -0.15) is 0 Å². The Kier molecular flexibility index (Phi) is 11.8. The zero-order valence-corrected chi connectivity index (χ0v) is 21.4. The maximum Gasteiger partial charge on any atom is 0.125 e. The average molecular weight is 463 g/mol. The summed E-state index contributed by atoms with van der Waals surface area (Å²) in [5.41, 5.74) is 3.58. The molecule has 1 N–H and O–H groups in total. The summed E-state index contributed by atoms with van der Waals surface area (Å²) in [7, 11) is 0. The van der Waals surface area contributed by atoms with Crippen LogP contribution in [0.4, 0.5) is 10.1 Å². The number of nitrogens with one attached hydrogen (secondary N) is 1. The molecule has 1 aliphatic heterocycles. The van der Waals surface area contributed by atoms with E-state index in [9.17, 15) is 4.39 Å². The fourth-order valence-electron chi connectivity index (χ4n) is 3.44. The van der Waals surface area contributed by atoms with E-state index in [0.29, 0.717) is 17.2 Å². The van der Waals surface area contributed by atoms with Crippen molar-refractivity contribution in [3.8, 4) is 0 Å². The van der Waals surface area contributed by atoms with Gasteiger partial charge in [0.15, 0.2) is 0 Å². The van der Waals surface area contributed by atoms with Crippen LogP contribution in [0.5, 0.6) is 0 Å². The predicted molar refractivity (Wildman–Crippen MR) is 141 cm³/mol. The second kappa shape index (κ2) is 14.1. The third-order valence-electron chi connectivity index (χ3n) is 5.80. The van der Waals surface area contributed by atoms with Gasteiger partial charge >= 0.3 is 0 Å². The highest BCUT2D eigenvalue weighted by Gasteiger charge is 2.19. The second-order valence-corrected chi connectivity index (χ2v) is 10.6. The van der Waals surface area contributed by atoms with E-state index in [1.165, 1.54) is 23.1 Å². The Morgan fingerprint density at radius 3 is 2.84 bits per heavy atom. The Morgan fingerprint density at radius 2 is 2.13 bits per heavy atom. The lowest BCUT2D eigenvalue weighted by Gasteiger charge is -2.14. The summed E-state index contributed by atoms with van der Waals surface area (Å²) in [5.74, 6) is 2.51. The average Bonchev–Trinajstić information content (AvgIpc) is 3.22. The molecule has 31 heavy (non-hydrogen) atoms. The molecule has 1 heterocycles. The number of halogens is 1. The molecule has 2 nitrogen and oxygen atoms in total. The van der Waals surface area contributed by atoms with Crippen molar-refractivity contribution < 1.29 is 4.39 Å². The van der Waals surface area contributed by atoms with E-state index >= 15 is 0 Å². The minimum Gasteiger partial charge on any atom is -0.385 e. The summed E-state index contributed by atoms with van der Waals surface area (Å²) in [4.78, 5) is 4.94. The van der Waals surface area contributed by atoms with Gasteiger partial charge in [-0.3, -0.25) is 4.99 Å². The molecule has 3 unspecified atom stereocenters. The standard InChI is InChI=1S/C26H39FN2S2/c1-6-19(4)10-9-11-21(7-2)20(5)30-18-26-29-24(17-31-26)14-15-28-25-16-23(27)13-12-22(25)8-3/h9-13,16,19-20,24,28H,6-8,14-15,17-18H2,1-5H3/b10-9-,21-11-. The largest absolute Gasteiger partial charge is 0.385 e. The smallest absolute Gasteiger partial charge is 0.125 e. The maximum absolute atomic E-state index is 13.5. The molecule has 0 radical (unpaired) electrons. The highest BCUT2D eigenvalue weighted by atomic mass is 32.2. The molecule has 0 spiro atoms. The number of thioether (sulfide) groups is 2. The molecule has 0 aromatic heterocycles. The van der Waals surface area contributed by atoms with E-state index in [1.807, 2.05) is 29.6 Å². The third kappa shape index (κ3) is 9.05. The number of aryl methyl sites for hydroxylation is 1. The van der Waals surface area contributed by atoms with Crippen LogP contribution in [0.3, 0.4) is 0 Å². The second-order valence-electron chi connectivity index (χ2n) is 8.18. The van der Waals surface area contributed by atoms with Crippen LogP contribution in [0.1, 0.15) is 59.4 Å². The topological polar surface area (TPSA) is 24.4 Å². The zero-order valence-electron chi connectivity index (χ0n) is 19.8. The van der Waals surface area contributed by atoms with E-state index in [1.54, 1.807) is 6.07 Å². The summed E-state index contributed by atoms with van der Waals surface area (Å²) in [5, 5.41) is 5.19. The van der Waals surface area contributed by atoms with Gasteiger partial charge in [-0.15, -0.1) is 23.5 Å². The van der Waals surface area contributed by atoms with Crippen molar-refractivity contribution >= 4 is 34.3 Å².